The monoisotopic (exact) mass is 310 g/mol. The molecule has 2 aromatic carbocycles. The zero-order chi connectivity index (χ0) is 16.8. The molecule has 2 amide bonds. The number of amides is 2. The number of hydrogen-bond acceptors (Lipinski definition) is 2. The molecule has 0 saturated heterocycles. The van der Waals surface area contributed by atoms with Crippen molar-refractivity contribution >= 4 is 17.5 Å². The van der Waals surface area contributed by atoms with Gasteiger partial charge in [0.1, 0.15) is 0 Å². The Morgan fingerprint density at radius 3 is 2.30 bits per heavy atom. The van der Waals surface area contributed by atoms with E-state index in [1.165, 1.54) is 5.56 Å². The van der Waals surface area contributed by atoms with Crippen molar-refractivity contribution in [3.05, 3.63) is 65.2 Å². The normalized spacial score (nSPS) is 10.4. The smallest absolute Gasteiger partial charge is 0.313 e. The minimum atomic E-state index is -0.657. The lowest BCUT2D eigenvalue weighted by Crippen LogP contribution is -2.34. The van der Waals surface area contributed by atoms with Gasteiger partial charge < -0.3 is 10.6 Å². The topological polar surface area (TPSA) is 58.2 Å². The zero-order valence-electron chi connectivity index (χ0n) is 13.7. The molecule has 0 saturated carbocycles. The Bertz CT molecular complexity index is 691. The number of nitrogens with one attached hydrogen (secondary N) is 2. The van der Waals surface area contributed by atoms with Crippen molar-refractivity contribution < 1.29 is 9.59 Å². The number of aryl methyl sites for hydroxylation is 1. The SMILES string of the molecule is Cc1cccc(CNC(=O)C(=O)Nc2ccc(C(C)C)cc2)c1. The molecule has 0 fully saturated rings. The van der Waals surface area contributed by atoms with Crippen LogP contribution in [0.1, 0.15) is 36.5 Å². The minimum absolute atomic E-state index is 0.334. The molecule has 2 N–H and O–H groups in total. The van der Waals surface area contributed by atoms with Crippen LogP contribution in [0, 0.1) is 6.92 Å². The summed E-state index contributed by atoms with van der Waals surface area (Å²) in [5.41, 5.74) is 3.89. The summed E-state index contributed by atoms with van der Waals surface area (Å²) in [7, 11) is 0. The Hall–Kier alpha value is -2.62. The number of carbonyl (C=O) groups is 2. The quantitative estimate of drug-likeness (QED) is 0.851. The second-order valence-electron chi connectivity index (χ2n) is 5.90. The number of anilines is 1. The molecule has 0 aliphatic carbocycles. The molecule has 2 rings (SSSR count). The van der Waals surface area contributed by atoms with Gasteiger partial charge in [-0.25, -0.2) is 0 Å². The molecule has 2 aromatic rings. The molecule has 4 nitrogen and oxygen atoms in total. The van der Waals surface area contributed by atoms with E-state index < -0.39 is 11.8 Å². The summed E-state index contributed by atoms with van der Waals surface area (Å²) in [6.45, 7) is 6.53. The molecule has 0 aliphatic rings. The van der Waals surface area contributed by atoms with Crippen molar-refractivity contribution in [3.63, 3.8) is 0 Å². The van der Waals surface area contributed by atoms with Crippen molar-refractivity contribution in [2.45, 2.75) is 33.2 Å². The van der Waals surface area contributed by atoms with Crippen molar-refractivity contribution in [3.8, 4) is 0 Å². The van der Waals surface area contributed by atoms with Gasteiger partial charge in [0.15, 0.2) is 0 Å². The van der Waals surface area contributed by atoms with Gasteiger partial charge in [-0.1, -0.05) is 55.8 Å². The Labute approximate surface area is 136 Å². The van der Waals surface area contributed by atoms with E-state index in [0.29, 0.717) is 18.2 Å². The lowest BCUT2D eigenvalue weighted by atomic mass is 10.0. The van der Waals surface area contributed by atoms with Gasteiger partial charge in [0.25, 0.3) is 0 Å². The molecule has 120 valence electrons. The van der Waals surface area contributed by atoms with Crippen LogP contribution in [0.25, 0.3) is 0 Å². The molecule has 4 heteroatoms. The summed E-state index contributed by atoms with van der Waals surface area (Å²) in [5.74, 6) is -0.869. The summed E-state index contributed by atoms with van der Waals surface area (Å²) in [6.07, 6.45) is 0. The lowest BCUT2D eigenvalue weighted by molar-refractivity contribution is -0.136. The van der Waals surface area contributed by atoms with E-state index in [1.54, 1.807) is 12.1 Å². The first-order chi connectivity index (χ1) is 11.0. The fraction of sp³-hybridized carbons (Fsp3) is 0.263. The molecule has 0 radical (unpaired) electrons. The van der Waals surface area contributed by atoms with Crippen molar-refractivity contribution in [2.24, 2.45) is 0 Å². The molecular formula is C19H22N2O2. The van der Waals surface area contributed by atoms with Crippen LogP contribution in [0.2, 0.25) is 0 Å². The first-order valence-electron chi connectivity index (χ1n) is 7.70. The highest BCUT2D eigenvalue weighted by Gasteiger charge is 2.13. The van der Waals surface area contributed by atoms with Crippen LogP contribution < -0.4 is 10.6 Å². The highest BCUT2D eigenvalue weighted by molar-refractivity contribution is 6.39. The van der Waals surface area contributed by atoms with E-state index in [4.69, 9.17) is 0 Å². The summed E-state index contributed by atoms with van der Waals surface area (Å²) in [5, 5.41) is 5.23. The van der Waals surface area contributed by atoms with Crippen LogP contribution in [-0.4, -0.2) is 11.8 Å². The third kappa shape index (κ3) is 4.95. The van der Waals surface area contributed by atoms with E-state index in [9.17, 15) is 9.59 Å². The maximum atomic E-state index is 11.9. The van der Waals surface area contributed by atoms with Crippen LogP contribution in [-0.2, 0) is 16.1 Å². The predicted molar refractivity (Wildman–Crippen MR) is 92.2 cm³/mol. The molecule has 0 aliphatic heterocycles. The summed E-state index contributed by atoms with van der Waals surface area (Å²) in [4.78, 5) is 23.8. The zero-order valence-corrected chi connectivity index (χ0v) is 13.7. The van der Waals surface area contributed by atoms with Gasteiger partial charge in [0.2, 0.25) is 0 Å². The van der Waals surface area contributed by atoms with Crippen LogP contribution >= 0.6 is 0 Å². The summed E-state index contributed by atoms with van der Waals surface area (Å²) >= 11 is 0. The second kappa shape index (κ2) is 7.58. The van der Waals surface area contributed by atoms with Gasteiger partial charge in [-0.2, -0.15) is 0 Å². The molecule has 23 heavy (non-hydrogen) atoms. The van der Waals surface area contributed by atoms with Crippen LogP contribution in [0.3, 0.4) is 0 Å². The first kappa shape index (κ1) is 16.7. The summed E-state index contributed by atoms with van der Waals surface area (Å²) in [6, 6.07) is 15.3. The number of carbonyl (C=O) groups excluding carboxylic acids is 2. The third-order valence-corrected chi connectivity index (χ3v) is 3.58. The van der Waals surface area contributed by atoms with Crippen molar-refractivity contribution in [1.82, 2.24) is 5.32 Å². The first-order valence-corrected chi connectivity index (χ1v) is 7.70. The van der Waals surface area contributed by atoms with Gasteiger partial charge in [0, 0.05) is 12.2 Å². The van der Waals surface area contributed by atoms with Crippen molar-refractivity contribution in [2.75, 3.05) is 5.32 Å². The van der Waals surface area contributed by atoms with Crippen molar-refractivity contribution in [1.29, 1.82) is 0 Å². The molecule has 0 spiro atoms. The molecular weight excluding hydrogens is 288 g/mol. The number of rotatable bonds is 4. The van der Waals surface area contributed by atoms with E-state index in [1.807, 2.05) is 43.3 Å². The van der Waals surface area contributed by atoms with Crippen LogP contribution in [0.4, 0.5) is 5.69 Å². The lowest BCUT2D eigenvalue weighted by Gasteiger charge is -2.09. The number of benzene rings is 2. The van der Waals surface area contributed by atoms with Gasteiger partial charge in [0.05, 0.1) is 0 Å². The fourth-order valence-corrected chi connectivity index (χ4v) is 2.22. The average molecular weight is 310 g/mol. The average Bonchev–Trinajstić information content (AvgIpc) is 2.53. The molecule has 0 bridgehead atoms. The second-order valence-corrected chi connectivity index (χ2v) is 5.90. The largest absolute Gasteiger partial charge is 0.344 e. The number of hydrogen-bond donors (Lipinski definition) is 2. The Morgan fingerprint density at radius 2 is 1.70 bits per heavy atom. The highest BCUT2D eigenvalue weighted by atomic mass is 16.2. The minimum Gasteiger partial charge on any atom is -0.344 e. The maximum Gasteiger partial charge on any atom is 0.313 e. The Morgan fingerprint density at radius 1 is 1.00 bits per heavy atom. The Balaban J connectivity index is 1.88. The van der Waals surface area contributed by atoms with E-state index >= 15 is 0 Å². The molecule has 0 aromatic heterocycles. The van der Waals surface area contributed by atoms with Gasteiger partial charge in [-0.05, 0) is 36.1 Å². The Kier molecular flexibility index (Phi) is 5.52. The standard InChI is InChI=1S/C19H22N2O2/c1-13(2)16-7-9-17(10-8-16)21-19(23)18(22)20-12-15-6-4-5-14(3)11-15/h4-11,13H,12H2,1-3H3,(H,20,22)(H,21,23). The van der Waals surface area contributed by atoms with Gasteiger partial charge >= 0.3 is 11.8 Å². The predicted octanol–water partition coefficient (Wildman–Crippen LogP) is 3.37. The van der Waals surface area contributed by atoms with Gasteiger partial charge in [-0.3, -0.25) is 9.59 Å². The van der Waals surface area contributed by atoms with Gasteiger partial charge in [-0.15, -0.1) is 0 Å². The highest BCUT2D eigenvalue weighted by Crippen LogP contribution is 2.17. The summed E-state index contributed by atoms with van der Waals surface area (Å²) < 4.78 is 0. The molecule has 0 heterocycles. The van der Waals surface area contributed by atoms with E-state index in [-0.39, 0.29) is 0 Å². The molecule has 0 unspecified atom stereocenters. The molecule has 0 atom stereocenters. The maximum absolute atomic E-state index is 11.9. The van der Waals surface area contributed by atoms with E-state index in [2.05, 4.69) is 24.5 Å². The van der Waals surface area contributed by atoms with Crippen LogP contribution in [0.5, 0.6) is 0 Å². The van der Waals surface area contributed by atoms with Crippen LogP contribution in [0.15, 0.2) is 48.5 Å². The fourth-order valence-electron chi connectivity index (χ4n) is 2.22. The van der Waals surface area contributed by atoms with E-state index in [0.717, 1.165) is 11.1 Å². The third-order valence-electron chi connectivity index (χ3n) is 3.58.